The van der Waals surface area contributed by atoms with Crippen molar-refractivity contribution in [3.63, 3.8) is 0 Å². The fourth-order valence-electron chi connectivity index (χ4n) is 3.33. The van der Waals surface area contributed by atoms with Crippen LogP contribution in [0, 0.1) is 19.7 Å². The van der Waals surface area contributed by atoms with Gasteiger partial charge in [0.2, 0.25) is 5.91 Å². The van der Waals surface area contributed by atoms with Crippen molar-refractivity contribution in [3.05, 3.63) is 88.2 Å². The molecule has 0 spiro atoms. The van der Waals surface area contributed by atoms with Gasteiger partial charge >= 0.3 is 0 Å². The maximum atomic E-state index is 13.2. The van der Waals surface area contributed by atoms with Crippen LogP contribution in [0.2, 0.25) is 0 Å². The van der Waals surface area contributed by atoms with Crippen LogP contribution in [-0.2, 0) is 11.2 Å². The number of aromatic nitrogens is 4. The van der Waals surface area contributed by atoms with Crippen LogP contribution in [-0.4, -0.2) is 25.5 Å². The van der Waals surface area contributed by atoms with Crippen molar-refractivity contribution in [3.8, 4) is 11.4 Å². The van der Waals surface area contributed by atoms with E-state index in [0.717, 1.165) is 32.8 Å². The number of carbonyl (C=O) groups is 1. The molecule has 2 aromatic heterocycles. The van der Waals surface area contributed by atoms with Crippen LogP contribution in [0.5, 0.6) is 0 Å². The molecule has 30 heavy (non-hydrogen) atoms. The van der Waals surface area contributed by atoms with Crippen LogP contribution >= 0.6 is 15.9 Å². The molecule has 0 aliphatic heterocycles. The van der Waals surface area contributed by atoms with Crippen molar-refractivity contribution in [2.24, 2.45) is 0 Å². The zero-order chi connectivity index (χ0) is 21.3. The van der Waals surface area contributed by atoms with Crippen molar-refractivity contribution in [1.29, 1.82) is 0 Å². The summed E-state index contributed by atoms with van der Waals surface area (Å²) in [5, 5.41) is 11.8. The normalized spacial score (nSPS) is 10.9. The minimum Gasteiger partial charge on any atom is -0.324 e. The average molecular weight is 468 g/mol. The number of hydrogen-bond donors (Lipinski definition) is 1. The number of aryl methyl sites for hydroxylation is 1. The summed E-state index contributed by atoms with van der Waals surface area (Å²) in [7, 11) is 0. The van der Waals surface area contributed by atoms with Crippen molar-refractivity contribution < 1.29 is 9.18 Å². The highest BCUT2D eigenvalue weighted by Gasteiger charge is 2.17. The summed E-state index contributed by atoms with van der Waals surface area (Å²) < 4.78 is 17.5. The Labute approximate surface area is 181 Å². The number of nitrogens with zero attached hydrogens (tertiary/aromatic N) is 4. The molecule has 6 nitrogen and oxygen atoms in total. The van der Waals surface area contributed by atoms with Gasteiger partial charge in [-0.15, -0.1) is 0 Å². The highest BCUT2D eigenvalue weighted by Crippen LogP contribution is 2.23. The summed E-state index contributed by atoms with van der Waals surface area (Å²) in [4.78, 5) is 12.8. The van der Waals surface area contributed by atoms with E-state index in [1.807, 2.05) is 44.3 Å². The van der Waals surface area contributed by atoms with Gasteiger partial charge in [0, 0.05) is 17.5 Å². The molecule has 0 fully saturated rings. The van der Waals surface area contributed by atoms with Crippen molar-refractivity contribution in [1.82, 2.24) is 19.6 Å². The quantitative estimate of drug-likeness (QED) is 0.460. The third-order valence-electron chi connectivity index (χ3n) is 4.83. The van der Waals surface area contributed by atoms with E-state index in [0.29, 0.717) is 5.69 Å². The van der Waals surface area contributed by atoms with Gasteiger partial charge in [-0.3, -0.25) is 4.79 Å². The summed E-state index contributed by atoms with van der Waals surface area (Å²) in [6.07, 6.45) is 3.69. The maximum absolute atomic E-state index is 13.2. The lowest BCUT2D eigenvalue weighted by Crippen LogP contribution is -2.17. The molecular weight excluding hydrogens is 449 g/mol. The number of benzene rings is 2. The van der Waals surface area contributed by atoms with Gasteiger partial charge in [-0.05, 0) is 66.2 Å². The van der Waals surface area contributed by atoms with Crippen molar-refractivity contribution >= 4 is 27.5 Å². The molecule has 0 radical (unpaired) electrons. The monoisotopic (exact) mass is 467 g/mol. The molecule has 0 aliphatic carbocycles. The number of nitrogens with one attached hydrogen (secondary N) is 1. The predicted molar refractivity (Wildman–Crippen MR) is 117 cm³/mol. The Bertz CT molecular complexity index is 1210. The van der Waals surface area contributed by atoms with Crippen LogP contribution in [0.25, 0.3) is 11.4 Å². The van der Waals surface area contributed by atoms with E-state index in [4.69, 9.17) is 0 Å². The Kier molecular flexibility index (Phi) is 5.50. The Morgan fingerprint density at radius 2 is 1.87 bits per heavy atom. The third kappa shape index (κ3) is 4.04. The Morgan fingerprint density at radius 1 is 1.13 bits per heavy atom. The van der Waals surface area contributed by atoms with Crippen LogP contribution in [0.3, 0.4) is 0 Å². The first-order valence-electron chi connectivity index (χ1n) is 9.33. The van der Waals surface area contributed by atoms with E-state index in [9.17, 15) is 9.18 Å². The topological polar surface area (TPSA) is 64.7 Å². The molecule has 0 saturated carbocycles. The molecule has 4 rings (SSSR count). The van der Waals surface area contributed by atoms with Crippen molar-refractivity contribution in [2.45, 2.75) is 20.3 Å². The Hall–Kier alpha value is -3.26. The zero-order valence-corrected chi connectivity index (χ0v) is 18.0. The largest absolute Gasteiger partial charge is 0.324 e. The molecule has 0 bridgehead atoms. The SMILES string of the molecule is Cc1nn(-c2ccc(F)cc2)c(C)c1CC(=O)Nc1ccccc1-n1cc(Br)cn1. The molecule has 8 heteroatoms. The van der Waals surface area contributed by atoms with E-state index in [1.165, 1.54) is 12.1 Å². The van der Waals surface area contributed by atoms with Gasteiger partial charge < -0.3 is 5.32 Å². The number of para-hydroxylation sites is 2. The number of amides is 1. The second-order valence-corrected chi connectivity index (χ2v) is 7.80. The summed E-state index contributed by atoms with van der Waals surface area (Å²) in [6.45, 7) is 3.77. The average Bonchev–Trinajstić information content (AvgIpc) is 3.27. The number of hydrogen-bond acceptors (Lipinski definition) is 3. The number of anilines is 1. The number of carbonyl (C=O) groups excluding carboxylic acids is 1. The van der Waals surface area contributed by atoms with Gasteiger partial charge in [-0.2, -0.15) is 10.2 Å². The van der Waals surface area contributed by atoms with E-state index in [-0.39, 0.29) is 18.1 Å². The molecule has 0 saturated heterocycles. The molecule has 1 N–H and O–H groups in total. The summed E-state index contributed by atoms with van der Waals surface area (Å²) in [6, 6.07) is 13.6. The molecule has 2 aromatic carbocycles. The lowest BCUT2D eigenvalue weighted by atomic mass is 10.1. The van der Waals surface area contributed by atoms with Gasteiger partial charge in [0.25, 0.3) is 0 Å². The van der Waals surface area contributed by atoms with Crippen LogP contribution in [0.4, 0.5) is 10.1 Å². The Morgan fingerprint density at radius 3 is 2.57 bits per heavy atom. The summed E-state index contributed by atoms with van der Waals surface area (Å²) in [5.74, 6) is -0.457. The molecule has 0 atom stereocenters. The van der Waals surface area contributed by atoms with Gasteiger partial charge in [-0.1, -0.05) is 12.1 Å². The van der Waals surface area contributed by atoms with Gasteiger partial charge in [-0.25, -0.2) is 13.8 Å². The fourth-order valence-corrected chi connectivity index (χ4v) is 3.62. The molecule has 1 amide bonds. The minimum atomic E-state index is -0.303. The van der Waals surface area contributed by atoms with Crippen LogP contribution < -0.4 is 5.32 Å². The smallest absolute Gasteiger partial charge is 0.228 e. The third-order valence-corrected chi connectivity index (χ3v) is 5.24. The summed E-state index contributed by atoms with van der Waals surface area (Å²) in [5.41, 5.74) is 4.63. The molecular formula is C22H19BrFN5O. The molecule has 2 heterocycles. The highest BCUT2D eigenvalue weighted by molar-refractivity contribution is 9.10. The second kappa shape index (κ2) is 8.23. The second-order valence-electron chi connectivity index (χ2n) is 6.88. The van der Waals surface area contributed by atoms with Crippen LogP contribution in [0.1, 0.15) is 17.0 Å². The number of halogens is 2. The molecule has 4 aromatic rings. The highest BCUT2D eigenvalue weighted by atomic mass is 79.9. The van der Waals surface area contributed by atoms with E-state index in [2.05, 4.69) is 31.4 Å². The predicted octanol–water partition coefficient (Wildman–Crippen LogP) is 4.76. The van der Waals surface area contributed by atoms with Gasteiger partial charge in [0.05, 0.1) is 39.8 Å². The molecule has 0 unspecified atom stereocenters. The fraction of sp³-hybridized carbons (Fsp3) is 0.136. The molecule has 152 valence electrons. The standard InChI is InChI=1S/C22H19BrFN5O/c1-14-19(15(2)29(27-14)18-9-7-17(24)8-10-18)11-22(30)26-20-5-3-4-6-21(20)28-13-16(23)12-25-28/h3-10,12-13H,11H2,1-2H3,(H,26,30). The number of rotatable bonds is 5. The summed E-state index contributed by atoms with van der Waals surface area (Å²) >= 11 is 3.39. The minimum absolute atomic E-state index is 0.154. The van der Waals surface area contributed by atoms with E-state index >= 15 is 0 Å². The van der Waals surface area contributed by atoms with Gasteiger partial charge in [0.15, 0.2) is 0 Å². The molecule has 0 aliphatic rings. The lowest BCUT2D eigenvalue weighted by molar-refractivity contribution is -0.115. The van der Waals surface area contributed by atoms with Gasteiger partial charge in [0.1, 0.15) is 5.82 Å². The zero-order valence-electron chi connectivity index (χ0n) is 16.4. The first-order chi connectivity index (χ1) is 14.4. The first kappa shape index (κ1) is 20.0. The first-order valence-corrected chi connectivity index (χ1v) is 10.1. The van der Waals surface area contributed by atoms with Crippen LogP contribution in [0.15, 0.2) is 65.4 Å². The lowest BCUT2D eigenvalue weighted by Gasteiger charge is -2.11. The van der Waals surface area contributed by atoms with Crippen molar-refractivity contribution in [2.75, 3.05) is 5.32 Å². The van der Waals surface area contributed by atoms with E-state index < -0.39 is 0 Å². The maximum Gasteiger partial charge on any atom is 0.228 e. The van der Waals surface area contributed by atoms with E-state index in [1.54, 1.807) is 27.7 Å². The Balaban J connectivity index is 1.57.